The van der Waals surface area contributed by atoms with E-state index in [1.807, 2.05) is 6.07 Å². The molecule has 5 heteroatoms. The van der Waals surface area contributed by atoms with Crippen LogP contribution in [0, 0.1) is 11.3 Å². The minimum atomic E-state index is 0.196. The lowest BCUT2D eigenvalue weighted by atomic mass is 10.3. The van der Waals surface area contributed by atoms with E-state index in [0.29, 0.717) is 22.3 Å². The maximum absolute atomic E-state index is 8.58. The molecule has 0 aliphatic carbocycles. The van der Waals surface area contributed by atoms with Crippen LogP contribution < -0.4 is 5.73 Å². The van der Waals surface area contributed by atoms with Gasteiger partial charge in [0.05, 0.1) is 11.3 Å². The molecule has 0 bridgehead atoms. The standard InChI is InChI=1S/C7H5BrClN3/c8-5-1-4(2-10)7(9)12-6(5)3-11/h1H,3,11H2. The molecule has 3 nitrogen and oxygen atoms in total. The fourth-order valence-electron chi connectivity index (χ4n) is 0.723. The van der Waals surface area contributed by atoms with Crippen LogP contribution in [0.25, 0.3) is 0 Å². The largest absolute Gasteiger partial charge is 0.325 e. The summed E-state index contributed by atoms with van der Waals surface area (Å²) in [4.78, 5) is 3.93. The van der Waals surface area contributed by atoms with E-state index in [0.717, 1.165) is 0 Å². The molecule has 62 valence electrons. The molecular formula is C7H5BrClN3. The van der Waals surface area contributed by atoms with Crippen molar-refractivity contribution in [3.8, 4) is 6.07 Å². The van der Waals surface area contributed by atoms with Gasteiger partial charge in [0.15, 0.2) is 0 Å². The Morgan fingerprint density at radius 2 is 2.42 bits per heavy atom. The van der Waals surface area contributed by atoms with Crippen molar-refractivity contribution in [3.63, 3.8) is 0 Å². The van der Waals surface area contributed by atoms with Crippen LogP contribution in [0.5, 0.6) is 0 Å². The van der Waals surface area contributed by atoms with E-state index >= 15 is 0 Å². The maximum atomic E-state index is 8.58. The van der Waals surface area contributed by atoms with Gasteiger partial charge in [-0.2, -0.15) is 5.26 Å². The number of pyridine rings is 1. The first-order valence-corrected chi connectivity index (χ1v) is 4.31. The highest BCUT2D eigenvalue weighted by molar-refractivity contribution is 9.10. The third-order valence-corrected chi connectivity index (χ3v) is 2.29. The van der Waals surface area contributed by atoms with Gasteiger partial charge in [-0.3, -0.25) is 0 Å². The lowest BCUT2D eigenvalue weighted by Crippen LogP contribution is -2.01. The Kier molecular flexibility index (Phi) is 3.04. The average molecular weight is 246 g/mol. The number of nitrogens with two attached hydrogens (primary N) is 1. The molecule has 0 unspecified atom stereocenters. The molecule has 0 spiro atoms. The summed E-state index contributed by atoms with van der Waals surface area (Å²) in [5.74, 6) is 0. The molecular weight excluding hydrogens is 241 g/mol. The van der Waals surface area contributed by atoms with Crippen molar-refractivity contribution >= 4 is 27.5 Å². The van der Waals surface area contributed by atoms with Gasteiger partial charge in [-0.25, -0.2) is 4.98 Å². The van der Waals surface area contributed by atoms with Crippen molar-refractivity contribution in [2.24, 2.45) is 5.73 Å². The predicted octanol–water partition coefficient (Wildman–Crippen LogP) is 1.83. The quantitative estimate of drug-likeness (QED) is 0.769. The first-order valence-electron chi connectivity index (χ1n) is 3.14. The number of hydrogen-bond donors (Lipinski definition) is 1. The highest BCUT2D eigenvalue weighted by Gasteiger charge is 2.06. The Balaban J connectivity index is 3.28. The number of nitrogens with zero attached hydrogens (tertiary/aromatic N) is 2. The normalized spacial score (nSPS) is 9.50. The number of halogens is 2. The summed E-state index contributed by atoms with van der Waals surface area (Å²) < 4.78 is 0.714. The van der Waals surface area contributed by atoms with Gasteiger partial charge >= 0.3 is 0 Å². The van der Waals surface area contributed by atoms with Crippen molar-refractivity contribution in [2.75, 3.05) is 0 Å². The SMILES string of the molecule is N#Cc1cc(Br)c(CN)nc1Cl. The summed E-state index contributed by atoms with van der Waals surface area (Å²) in [6.07, 6.45) is 0. The van der Waals surface area contributed by atoms with E-state index in [1.165, 1.54) is 0 Å². The second kappa shape index (κ2) is 3.85. The van der Waals surface area contributed by atoms with Crippen LogP contribution in [-0.4, -0.2) is 4.98 Å². The Morgan fingerprint density at radius 3 is 2.92 bits per heavy atom. The van der Waals surface area contributed by atoms with Crippen LogP contribution in [0.15, 0.2) is 10.5 Å². The minimum Gasteiger partial charge on any atom is -0.325 e. The van der Waals surface area contributed by atoms with E-state index in [-0.39, 0.29) is 5.15 Å². The van der Waals surface area contributed by atoms with Gasteiger partial charge in [-0.05, 0) is 22.0 Å². The van der Waals surface area contributed by atoms with Crippen molar-refractivity contribution in [2.45, 2.75) is 6.54 Å². The molecule has 0 saturated carbocycles. The van der Waals surface area contributed by atoms with Gasteiger partial charge in [0, 0.05) is 11.0 Å². The van der Waals surface area contributed by atoms with Gasteiger partial charge in [0.1, 0.15) is 11.2 Å². The van der Waals surface area contributed by atoms with E-state index in [9.17, 15) is 0 Å². The van der Waals surface area contributed by atoms with Crippen LogP contribution in [0.2, 0.25) is 5.15 Å². The van der Waals surface area contributed by atoms with Gasteiger partial charge < -0.3 is 5.73 Å². The van der Waals surface area contributed by atoms with Gasteiger partial charge in [-0.15, -0.1) is 0 Å². The van der Waals surface area contributed by atoms with Gasteiger partial charge in [0.25, 0.3) is 0 Å². The molecule has 1 aromatic heterocycles. The summed E-state index contributed by atoms with van der Waals surface area (Å²) in [5.41, 5.74) is 6.38. The molecule has 0 radical (unpaired) electrons. The van der Waals surface area contributed by atoms with Gasteiger partial charge in [-0.1, -0.05) is 11.6 Å². The zero-order valence-corrected chi connectivity index (χ0v) is 8.35. The summed E-state index contributed by atoms with van der Waals surface area (Å²) in [7, 11) is 0. The minimum absolute atomic E-state index is 0.196. The topological polar surface area (TPSA) is 62.7 Å². The second-order valence-corrected chi connectivity index (χ2v) is 3.28. The predicted molar refractivity (Wildman–Crippen MR) is 49.6 cm³/mol. The molecule has 1 rings (SSSR count). The number of aromatic nitrogens is 1. The lowest BCUT2D eigenvalue weighted by Gasteiger charge is -2.01. The van der Waals surface area contributed by atoms with E-state index < -0.39 is 0 Å². The Bertz CT molecular complexity index is 344. The average Bonchev–Trinajstić information content (AvgIpc) is 2.08. The summed E-state index contributed by atoms with van der Waals surface area (Å²) >= 11 is 8.90. The molecule has 0 saturated heterocycles. The molecule has 0 aromatic carbocycles. The monoisotopic (exact) mass is 245 g/mol. The van der Waals surface area contributed by atoms with Gasteiger partial charge in [0.2, 0.25) is 0 Å². The zero-order chi connectivity index (χ0) is 9.14. The zero-order valence-electron chi connectivity index (χ0n) is 6.01. The molecule has 2 N–H and O–H groups in total. The van der Waals surface area contributed by atoms with Crippen molar-refractivity contribution in [1.82, 2.24) is 4.98 Å². The summed E-state index contributed by atoms with van der Waals surface area (Å²) in [6, 6.07) is 3.53. The van der Waals surface area contributed by atoms with Crippen molar-refractivity contribution in [1.29, 1.82) is 5.26 Å². The summed E-state index contributed by atoms with van der Waals surface area (Å²) in [5, 5.41) is 8.78. The van der Waals surface area contributed by atoms with Crippen molar-refractivity contribution < 1.29 is 0 Å². The Labute approximate surface area is 83.3 Å². The van der Waals surface area contributed by atoms with Crippen LogP contribution in [0.3, 0.4) is 0 Å². The smallest absolute Gasteiger partial charge is 0.147 e. The highest BCUT2D eigenvalue weighted by atomic mass is 79.9. The molecule has 1 heterocycles. The first kappa shape index (κ1) is 9.46. The van der Waals surface area contributed by atoms with E-state index in [4.69, 9.17) is 22.6 Å². The third-order valence-electron chi connectivity index (χ3n) is 1.32. The maximum Gasteiger partial charge on any atom is 0.147 e. The molecule has 0 fully saturated rings. The third kappa shape index (κ3) is 1.75. The Hall–Kier alpha value is -0.630. The van der Waals surface area contributed by atoms with E-state index in [1.54, 1.807) is 6.07 Å². The van der Waals surface area contributed by atoms with Crippen LogP contribution >= 0.6 is 27.5 Å². The fraction of sp³-hybridized carbons (Fsp3) is 0.143. The van der Waals surface area contributed by atoms with Crippen LogP contribution in [0.4, 0.5) is 0 Å². The molecule has 12 heavy (non-hydrogen) atoms. The molecule has 0 atom stereocenters. The summed E-state index contributed by atoms with van der Waals surface area (Å²) in [6.45, 7) is 0.298. The van der Waals surface area contributed by atoms with Crippen LogP contribution in [0.1, 0.15) is 11.3 Å². The molecule has 0 amide bonds. The van der Waals surface area contributed by atoms with E-state index in [2.05, 4.69) is 20.9 Å². The van der Waals surface area contributed by atoms with Crippen LogP contribution in [-0.2, 0) is 6.54 Å². The first-order chi connectivity index (χ1) is 5.69. The number of nitriles is 1. The Morgan fingerprint density at radius 1 is 1.75 bits per heavy atom. The lowest BCUT2D eigenvalue weighted by molar-refractivity contribution is 0.977. The fourth-order valence-corrected chi connectivity index (χ4v) is 1.40. The second-order valence-electron chi connectivity index (χ2n) is 2.07. The highest BCUT2D eigenvalue weighted by Crippen LogP contribution is 2.21. The molecule has 0 aliphatic rings. The number of hydrogen-bond acceptors (Lipinski definition) is 3. The molecule has 1 aromatic rings. The molecule has 0 aliphatic heterocycles. The number of rotatable bonds is 1. The van der Waals surface area contributed by atoms with Crippen molar-refractivity contribution in [3.05, 3.63) is 26.9 Å².